The average Bonchev–Trinajstić information content (AvgIpc) is 2.92. The Morgan fingerprint density at radius 3 is 2.59 bits per heavy atom. The van der Waals surface area contributed by atoms with Crippen molar-refractivity contribution in [2.24, 2.45) is 0 Å². The van der Waals surface area contributed by atoms with E-state index in [9.17, 15) is 14.4 Å². The molecule has 0 atom stereocenters. The number of nitrogens with zero attached hydrogens (tertiary/aromatic N) is 1. The zero-order valence-corrected chi connectivity index (χ0v) is 20.1. The van der Waals surface area contributed by atoms with Crippen LogP contribution in [0.4, 0.5) is 11.4 Å². The molecule has 5 rings (SSSR count). The Labute approximate surface area is 212 Å². The SMILES string of the molecule is COc1ccc(OCCCN2C(=O)COc3ccc(NC(=O)c4cc5ccccc5oc4=O)cc32)cc1. The van der Waals surface area contributed by atoms with Gasteiger partial charge in [0.2, 0.25) is 0 Å². The number of anilines is 2. The largest absolute Gasteiger partial charge is 0.497 e. The van der Waals surface area contributed by atoms with Crippen LogP contribution in [0.2, 0.25) is 0 Å². The number of amides is 2. The van der Waals surface area contributed by atoms with Crippen LogP contribution in [0.3, 0.4) is 0 Å². The molecule has 2 heterocycles. The second-order valence-electron chi connectivity index (χ2n) is 8.33. The van der Waals surface area contributed by atoms with Gasteiger partial charge in [-0.3, -0.25) is 9.59 Å². The van der Waals surface area contributed by atoms with Gasteiger partial charge in [-0.05, 0) is 61.0 Å². The van der Waals surface area contributed by atoms with Gasteiger partial charge < -0.3 is 28.8 Å². The van der Waals surface area contributed by atoms with E-state index in [0.717, 1.165) is 5.75 Å². The molecule has 0 spiro atoms. The molecule has 0 unspecified atom stereocenters. The molecule has 9 heteroatoms. The molecule has 37 heavy (non-hydrogen) atoms. The van der Waals surface area contributed by atoms with E-state index in [1.165, 1.54) is 6.07 Å². The minimum Gasteiger partial charge on any atom is -0.497 e. The standard InChI is InChI=1S/C28H24N2O7/c1-34-20-8-10-21(11-9-20)35-14-4-13-30-23-16-19(7-12-25(23)36-17-26(30)31)29-27(32)22-15-18-5-2-3-6-24(18)37-28(22)33/h2-3,5-12,15-16H,4,13-14,17H2,1H3,(H,29,32). The van der Waals surface area contributed by atoms with E-state index in [0.29, 0.717) is 53.4 Å². The predicted molar refractivity (Wildman–Crippen MR) is 138 cm³/mol. The Morgan fingerprint density at radius 2 is 1.78 bits per heavy atom. The molecule has 1 N–H and O–H groups in total. The Morgan fingerprint density at radius 1 is 1.00 bits per heavy atom. The van der Waals surface area contributed by atoms with E-state index >= 15 is 0 Å². The van der Waals surface area contributed by atoms with Crippen molar-refractivity contribution in [2.45, 2.75) is 6.42 Å². The van der Waals surface area contributed by atoms with E-state index in [-0.39, 0.29) is 18.1 Å². The van der Waals surface area contributed by atoms with Gasteiger partial charge in [-0.1, -0.05) is 18.2 Å². The van der Waals surface area contributed by atoms with Gasteiger partial charge in [-0.15, -0.1) is 0 Å². The fourth-order valence-electron chi connectivity index (χ4n) is 4.03. The maximum absolute atomic E-state index is 12.9. The summed E-state index contributed by atoms with van der Waals surface area (Å²) in [6, 6.07) is 20.7. The van der Waals surface area contributed by atoms with Crippen molar-refractivity contribution in [3.8, 4) is 17.2 Å². The Hall–Kier alpha value is -4.79. The summed E-state index contributed by atoms with van der Waals surface area (Å²) in [6.45, 7) is 0.730. The van der Waals surface area contributed by atoms with Gasteiger partial charge in [0, 0.05) is 17.6 Å². The van der Waals surface area contributed by atoms with Gasteiger partial charge in [-0.25, -0.2) is 4.79 Å². The molecule has 4 aromatic rings. The number of methoxy groups -OCH3 is 1. The lowest BCUT2D eigenvalue weighted by Gasteiger charge is -2.29. The number of ether oxygens (including phenoxy) is 3. The Bertz CT molecular complexity index is 1510. The minimum atomic E-state index is -0.730. The topological polar surface area (TPSA) is 107 Å². The van der Waals surface area contributed by atoms with Crippen LogP contribution >= 0.6 is 0 Å². The normalized spacial score (nSPS) is 12.6. The molecule has 0 fully saturated rings. The fraction of sp³-hybridized carbons (Fsp3) is 0.179. The van der Waals surface area contributed by atoms with Crippen molar-refractivity contribution in [3.05, 3.63) is 88.8 Å². The molecule has 9 nitrogen and oxygen atoms in total. The Kier molecular flexibility index (Phi) is 6.76. The zero-order valence-electron chi connectivity index (χ0n) is 20.1. The van der Waals surface area contributed by atoms with Crippen LogP contribution in [0.1, 0.15) is 16.8 Å². The highest BCUT2D eigenvalue weighted by molar-refractivity contribution is 6.06. The lowest BCUT2D eigenvalue weighted by Crippen LogP contribution is -2.39. The first-order valence-corrected chi connectivity index (χ1v) is 11.7. The maximum atomic E-state index is 12.9. The summed E-state index contributed by atoms with van der Waals surface area (Å²) in [5.41, 5.74) is 0.501. The van der Waals surface area contributed by atoms with E-state index in [1.807, 2.05) is 24.3 Å². The van der Waals surface area contributed by atoms with Crippen LogP contribution in [0.15, 0.2) is 82.0 Å². The number of carbonyl (C=O) groups excluding carboxylic acids is 2. The monoisotopic (exact) mass is 500 g/mol. The van der Waals surface area contributed by atoms with Crippen LogP contribution in [0.5, 0.6) is 17.2 Å². The molecule has 1 aliphatic heterocycles. The third-order valence-electron chi connectivity index (χ3n) is 5.90. The van der Waals surface area contributed by atoms with E-state index < -0.39 is 11.5 Å². The molecule has 1 aliphatic rings. The number of hydrogen-bond donors (Lipinski definition) is 1. The number of carbonyl (C=O) groups is 2. The number of nitrogens with one attached hydrogen (secondary N) is 1. The number of benzene rings is 3. The van der Waals surface area contributed by atoms with Crippen LogP contribution < -0.4 is 30.1 Å². The molecular weight excluding hydrogens is 476 g/mol. The third-order valence-corrected chi connectivity index (χ3v) is 5.90. The summed E-state index contributed by atoms with van der Waals surface area (Å²) in [4.78, 5) is 39.5. The maximum Gasteiger partial charge on any atom is 0.349 e. The van der Waals surface area contributed by atoms with Crippen molar-refractivity contribution in [2.75, 3.05) is 37.1 Å². The number of rotatable bonds is 8. The molecule has 188 valence electrons. The van der Waals surface area contributed by atoms with Gasteiger partial charge in [0.25, 0.3) is 11.8 Å². The van der Waals surface area contributed by atoms with Gasteiger partial charge in [0.05, 0.1) is 19.4 Å². The molecule has 3 aromatic carbocycles. The van der Waals surface area contributed by atoms with E-state index in [4.69, 9.17) is 18.6 Å². The second-order valence-corrected chi connectivity index (χ2v) is 8.33. The summed E-state index contributed by atoms with van der Waals surface area (Å²) >= 11 is 0. The van der Waals surface area contributed by atoms with E-state index in [1.54, 1.807) is 54.5 Å². The second kappa shape index (κ2) is 10.4. The smallest absolute Gasteiger partial charge is 0.349 e. The minimum absolute atomic E-state index is 0.0732. The molecule has 2 amide bonds. The summed E-state index contributed by atoms with van der Waals surface area (Å²) in [5, 5.41) is 3.36. The molecule has 0 bridgehead atoms. The van der Waals surface area contributed by atoms with Crippen LogP contribution in [0, 0.1) is 0 Å². The van der Waals surface area contributed by atoms with Gasteiger partial charge in [0.15, 0.2) is 6.61 Å². The lowest BCUT2D eigenvalue weighted by atomic mass is 10.1. The van der Waals surface area contributed by atoms with Crippen molar-refractivity contribution in [1.82, 2.24) is 0 Å². The fourth-order valence-corrected chi connectivity index (χ4v) is 4.03. The van der Waals surface area contributed by atoms with Gasteiger partial charge in [-0.2, -0.15) is 0 Å². The number of fused-ring (bicyclic) bond motifs is 2. The number of para-hydroxylation sites is 1. The highest BCUT2D eigenvalue weighted by Gasteiger charge is 2.26. The van der Waals surface area contributed by atoms with E-state index in [2.05, 4.69) is 5.32 Å². The lowest BCUT2D eigenvalue weighted by molar-refractivity contribution is -0.121. The average molecular weight is 501 g/mol. The third kappa shape index (κ3) is 5.25. The van der Waals surface area contributed by atoms with Crippen molar-refractivity contribution >= 4 is 34.2 Å². The summed E-state index contributed by atoms with van der Waals surface area (Å²) in [5.74, 6) is 1.17. The van der Waals surface area contributed by atoms with Crippen molar-refractivity contribution < 1.29 is 28.2 Å². The molecule has 1 aromatic heterocycles. The highest BCUT2D eigenvalue weighted by atomic mass is 16.5. The van der Waals surface area contributed by atoms with Crippen molar-refractivity contribution in [3.63, 3.8) is 0 Å². The van der Waals surface area contributed by atoms with Crippen LogP contribution in [-0.2, 0) is 4.79 Å². The first-order valence-electron chi connectivity index (χ1n) is 11.7. The molecule has 0 saturated heterocycles. The quantitative estimate of drug-likeness (QED) is 0.285. The van der Waals surface area contributed by atoms with Crippen LogP contribution in [-0.4, -0.2) is 38.7 Å². The predicted octanol–water partition coefficient (Wildman–Crippen LogP) is 4.25. The molecule has 0 radical (unpaired) electrons. The zero-order chi connectivity index (χ0) is 25.8. The number of hydrogen-bond acceptors (Lipinski definition) is 7. The molecule has 0 aliphatic carbocycles. The Balaban J connectivity index is 1.27. The highest BCUT2D eigenvalue weighted by Crippen LogP contribution is 2.35. The summed E-state index contributed by atoms with van der Waals surface area (Å²) in [6.07, 6.45) is 0.575. The summed E-state index contributed by atoms with van der Waals surface area (Å²) < 4.78 is 21.7. The molecule has 0 saturated carbocycles. The van der Waals surface area contributed by atoms with Gasteiger partial charge >= 0.3 is 5.63 Å². The van der Waals surface area contributed by atoms with Crippen LogP contribution in [0.25, 0.3) is 11.0 Å². The van der Waals surface area contributed by atoms with Crippen molar-refractivity contribution in [1.29, 1.82) is 0 Å². The first kappa shape index (κ1) is 23.9. The molecular formula is C28H24N2O7. The summed E-state index contributed by atoms with van der Waals surface area (Å²) in [7, 11) is 1.60. The first-order chi connectivity index (χ1) is 18.0. The van der Waals surface area contributed by atoms with Gasteiger partial charge in [0.1, 0.15) is 28.4 Å².